The molecule has 28 heteroatoms. The second-order valence-corrected chi connectivity index (χ2v) is 18.2. The number of carbonyl (C=O) groups is 12. The molecule has 0 bridgehead atoms. The van der Waals surface area contributed by atoms with Gasteiger partial charge in [0, 0.05) is 25.7 Å². The maximum atomic E-state index is 14.1. The molecule has 0 aliphatic rings. The lowest BCUT2D eigenvalue weighted by Crippen LogP contribution is -2.60. The molecule has 0 heterocycles. The molecule has 18 N–H and O–H groups in total. The number of amides is 8. The molecule has 428 valence electrons. The molecule has 8 amide bonds. The van der Waals surface area contributed by atoms with E-state index in [9.17, 15) is 88.2 Å². The van der Waals surface area contributed by atoms with Crippen LogP contribution in [0.25, 0.3) is 0 Å². The smallest absolute Gasteiger partial charge is 0.325 e. The largest absolute Gasteiger partial charge is 0.508 e. The SMILES string of the molecule is CC(NC(=O)C(Cc1ccccc1)NC(=O)CNC(=O)C(Cc1ccc(O)cc1)NC(=O)C(CC(=O)O)NC(=O)C(CCC(=O)O)NC(=O)C(CCCCN)NC(=O)C(Cc1ccc(O)cc1)NC(=O)C(N)CC(=O)O)C(=O)O. The number of rotatable bonds is 34. The van der Waals surface area contributed by atoms with Gasteiger partial charge in [-0.1, -0.05) is 54.6 Å². The number of carbonyl (C=O) groups excluding carboxylic acids is 8. The Kier molecular flexibility index (Phi) is 26.3. The van der Waals surface area contributed by atoms with Crippen molar-refractivity contribution in [1.82, 2.24) is 42.5 Å². The Balaban J connectivity index is 1.90. The summed E-state index contributed by atoms with van der Waals surface area (Å²) in [5, 5.41) is 76.3. The number of carboxylic acid groups (broad SMARTS) is 4. The molecule has 0 aliphatic carbocycles. The second kappa shape index (κ2) is 32.4. The van der Waals surface area contributed by atoms with Crippen molar-refractivity contribution < 1.29 is 88.2 Å². The minimum absolute atomic E-state index is 0.0964. The number of unbranched alkanes of at least 4 members (excludes halogenated alkanes) is 1. The summed E-state index contributed by atoms with van der Waals surface area (Å²) >= 11 is 0. The summed E-state index contributed by atoms with van der Waals surface area (Å²) in [4.78, 5) is 156. The van der Waals surface area contributed by atoms with Gasteiger partial charge in [-0.3, -0.25) is 57.5 Å². The molecule has 0 saturated carbocycles. The fourth-order valence-electron chi connectivity index (χ4n) is 7.46. The number of phenolic OH excluding ortho intramolecular Hbond substituents is 2. The number of carboxylic acids is 4. The molecule has 8 atom stereocenters. The predicted molar refractivity (Wildman–Crippen MR) is 276 cm³/mol. The number of hydrogen-bond acceptors (Lipinski definition) is 16. The number of aliphatic carboxylic acids is 4. The summed E-state index contributed by atoms with van der Waals surface area (Å²) < 4.78 is 0. The van der Waals surface area contributed by atoms with E-state index in [1.165, 1.54) is 55.5 Å². The first kappa shape index (κ1) is 64.1. The molecule has 0 fully saturated rings. The highest BCUT2D eigenvalue weighted by atomic mass is 16.4. The van der Waals surface area contributed by atoms with E-state index in [1.807, 2.05) is 0 Å². The first-order valence-electron chi connectivity index (χ1n) is 24.7. The molecule has 28 nitrogen and oxygen atoms in total. The predicted octanol–water partition coefficient (Wildman–Crippen LogP) is -2.99. The summed E-state index contributed by atoms with van der Waals surface area (Å²) in [6.07, 6.45) is -3.82. The maximum absolute atomic E-state index is 14.1. The fraction of sp³-hybridized carbons (Fsp3) is 0.412. The third-order valence-electron chi connectivity index (χ3n) is 11.7. The van der Waals surface area contributed by atoms with Crippen molar-refractivity contribution in [1.29, 1.82) is 0 Å². The summed E-state index contributed by atoms with van der Waals surface area (Å²) in [6.45, 7) is 0.521. The molecular weight excluding hydrogens is 1040 g/mol. The second-order valence-electron chi connectivity index (χ2n) is 18.2. The van der Waals surface area contributed by atoms with Gasteiger partial charge in [0.1, 0.15) is 53.8 Å². The van der Waals surface area contributed by atoms with Crippen molar-refractivity contribution in [2.45, 2.75) is 119 Å². The van der Waals surface area contributed by atoms with Crippen LogP contribution >= 0.6 is 0 Å². The number of benzene rings is 3. The lowest BCUT2D eigenvalue weighted by Gasteiger charge is -2.27. The lowest BCUT2D eigenvalue weighted by atomic mass is 10.0. The van der Waals surface area contributed by atoms with E-state index in [0.29, 0.717) is 23.1 Å². The van der Waals surface area contributed by atoms with Crippen LogP contribution in [0.1, 0.15) is 68.6 Å². The van der Waals surface area contributed by atoms with Crippen LogP contribution in [0.15, 0.2) is 78.9 Å². The van der Waals surface area contributed by atoms with Crippen LogP contribution in [0, 0.1) is 0 Å². The minimum atomic E-state index is -2.05. The molecule has 0 radical (unpaired) electrons. The van der Waals surface area contributed by atoms with Gasteiger partial charge in [-0.25, -0.2) is 0 Å². The molecule has 3 aromatic rings. The van der Waals surface area contributed by atoms with Crippen molar-refractivity contribution in [2.24, 2.45) is 11.5 Å². The zero-order valence-electron chi connectivity index (χ0n) is 42.8. The number of nitrogens with one attached hydrogen (secondary N) is 8. The van der Waals surface area contributed by atoms with Crippen molar-refractivity contribution in [3.05, 3.63) is 95.6 Å². The Morgan fingerprint density at radius 3 is 1.37 bits per heavy atom. The first-order chi connectivity index (χ1) is 37.3. The zero-order chi connectivity index (χ0) is 58.8. The van der Waals surface area contributed by atoms with E-state index >= 15 is 0 Å². The van der Waals surface area contributed by atoms with E-state index in [1.54, 1.807) is 30.3 Å². The standard InChI is InChI=1S/C51H66N10O18/c1-27(51(78)79)55-48(75)37(21-28-7-3-2-4-8-28)56-40(64)26-54-45(72)36(22-29-10-14-31(62)15-11-29)60-50(77)39(25-43(69)70)61-47(74)35(18-19-41(65)66)58-46(73)34(9-5-6-20-52)57-49(76)38(23-30-12-16-32(63)17-13-30)59-44(71)33(53)24-42(67)68/h2-4,7-8,10-17,27,33-39,62-63H,5-6,9,18-26,52-53H2,1H3,(H,54,72)(H,55,75)(H,56,64)(H,57,76)(H,58,73)(H,59,71)(H,60,77)(H,61,74)(H,65,66)(H,67,68)(H,69,70)(H,78,79). The average Bonchev–Trinajstić information content (AvgIpc) is 3.39. The maximum Gasteiger partial charge on any atom is 0.325 e. The minimum Gasteiger partial charge on any atom is -0.508 e. The van der Waals surface area contributed by atoms with Crippen molar-refractivity contribution in [3.63, 3.8) is 0 Å². The van der Waals surface area contributed by atoms with Gasteiger partial charge in [0.2, 0.25) is 47.3 Å². The fourth-order valence-corrected chi connectivity index (χ4v) is 7.46. The van der Waals surface area contributed by atoms with Gasteiger partial charge >= 0.3 is 23.9 Å². The summed E-state index contributed by atoms with van der Waals surface area (Å²) in [6, 6.07) is 6.13. The molecule has 3 rings (SSSR count). The van der Waals surface area contributed by atoms with Crippen LogP contribution in [0.5, 0.6) is 11.5 Å². The Hall–Kier alpha value is -9.18. The Morgan fingerprint density at radius 1 is 0.456 bits per heavy atom. The number of nitrogens with two attached hydrogens (primary N) is 2. The molecule has 3 aromatic carbocycles. The Labute approximate surface area is 451 Å². The average molecular weight is 1110 g/mol. The van der Waals surface area contributed by atoms with Gasteiger partial charge < -0.3 is 84.6 Å². The number of hydrogen-bond donors (Lipinski definition) is 16. The van der Waals surface area contributed by atoms with Crippen LogP contribution in [-0.4, -0.2) is 163 Å². The molecule has 0 aliphatic heterocycles. The lowest BCUT2D eigenvalue weighted by molar-refractivity contribution is -0.142. The molecule has 0 aromatic heterocycles. The Bertz CT molecular complexity index is 2620. The van der Waals surface area contributed by atoms with Crippen molar-refractivity contribution in [3.8, 4) is 11.5 Å². The van der Waals surface area contributed by atoms with E-state index in [-0.39, 0.29) is 50.1 Å². The van der Waals surface area contributed by atoms with Crippen molar-refractivity contribution in [2.75, 3.05) is 13.1 Å². The van der Waals surface area contributed by atoms with E-state index in [2.05, 4.69) is 42.5 Å². The van der Waals surface area contributed by atoms with E-state index < -0.39 is 152 Å². The molecule has 8 unspecified atom stereocenters. The van der Waals surface area contributed by atoms with E-state index in [0.717, 1.165) is 0 Å². The highest BCUT2D eigenvalue weighted by Gasteiger charge is 2.35. The number of phenols is 2. The third-order valence-corrected chi connectivity index (χ3v) is 11.7. The van der Waals surface area contributed by atoms with Crippen LogP contribution in [0.3, 0.4) is 0 Å². The van der Waals surface area contributed by atoms with Crippen LogP contribution < -0.4 is 54.0 Å². The van der Waals surface area contributed by atoms with Crippen LogP contribution in [0.4, 0.5) is 0 Å². The topological polar surface area (TPSA) is 474 Å². The summed E-state index contributed by atoms with van der Waals surface area (Å²) in [5.74, 6) is -14.8. The van der Waals surface area contributed by atoms with Gasteiger partial charge in [-0.15, -0.1) is 0 Å². The van der Waals surface area contributed by atoms with Crippen LogP contribution in [-0.2, 0) is 76.8 Å². The number of aromatic hydroxyl groups is 2. The highest BCUT2D eigenvalue weighted by Crippen LogP contribution is 2.15. The summed E-state index contributed by atoms with van der Waals surface area (Å²) in [5.41, 5.74) is 12.7. The third kappa shape index (κ3) is 23.7. The van der Waals surface area contributed by atoms with Crippen molar-refractivity contribution >= 4 is 71.1 Å². The molecular formula is C51H66N10O18. The van der Waals surface area contributed by atoms with Gasteiger partial charge in [-0.05, 0) is 80.1 Å². The van der Waals surface area contributed by atoms with Gasteiger partial charge in [-0.2, -0.15) is 0 Å². The van der Waals surface area contributed by atoms with E-state index in [4.69, 9.17) is 11.5 Å². The first-order valence-corrected chi connectivity index (χ1v) is 24.7. The van der Waals surface area contributed by atoms with Gasteiger partial charge in [0.15, 0.2) is 0 Å². The normalized spacial score (nSPS) is 13.9. The van der Waals surface area contributed by atoms with Crippen LogP contribution in [0.2, 0.25) is 0 Å². The zero-order valence-corrected chi connectivity index (χ0v) is 42.8. The molecule has 79 heavy (non-hydrogen) atoms. The summed E-state index contributed by atoms with van der Waals surface area (Å²) in [7, 11) is 0. The highest BCUT2D eigenvalue weighted by molar-refractivity contribution is 5.99. The van der Waals surface area contributed by atoms with Gasteiger partial charge in [0.25, 0.3) is 0 Å². The Morgan fingerprint density at radius 2 is 0.873 bits per heavy atom. The molecule has 0 spiro atoms. The monoisotopic (exact) mass is 1110 g/mol. The quantitative estimate of drug-likeness (QED) is 0.0265. The molecule has 0 saturated heterocycles. The van der Waals surface area contributed by atoms with Gasteiger partial charge in [0.05, 0.1) is 25.4 Å².